The minimum Gasteiger partial charge on any atom is -0.373 e. The highest BCUT2D eigenvalue weighted by molar-refractivity contribution is 5.19. The van der Waals surface area contributed by atoms with E-state index in [4.69, 9.17) is 4.74 Å². The van der Waals surface area contributed by atoms with Crippen LogP contribution in [0.5, 0.6) is 0 Å². The van der Waals surface area contributed by atoms with E-state index in [0.29, 0.717) is 19.1 Å². The largest absolute Gasteiger partial charge is 0.373 e. The van der Waals surface area contributed by atoms with Crippen molar-refractivity contribution in [3.8, 4) is 0 Å². The van der Waals surface area contributed by atoms with Crippen LogP contribution >= 0.6 is 0 Å². The summed E-state index contributed by atoms with van der Waals surface area (Å²) in [7, 11) is 0. The van der Waals surface area contributed by atoms with E-state index < -0.39 is 0 Å². The molecule has 0 atom stereocenters. The van der Waals surface area contributed by atoms with Crippen molar-refractivity contribution < 1.29 is 4.74 Å². The monoisotopic (exact) mass is 262 g/mol. The van der Waals surface area contributed by atoms with E-state index in [1.807, 2.05) is 0 Å². The van der Waals surface area contributed by atoms with Crippen molar-refractivity contribution in [3.63, 3.8) is 0 Å². The molecule has 0 saturated carbocycles. The van der Waals surface area contributed by atoms with Crippen molar-refractivity contribution in [1.82, 2.24) is 0 Å². The summed E-state index contributed by atoms with van der Waals surface area (Å²) in [6.07, 6.45) is 15.0. The molecule has 0 aliphatic carbocycles. The maximum atomic E-state index is 5.65. The van der Waals surface area contributed by atoms with Gasteiger partial charge in [-0.15, -0.1) is 0 Å². The minimum absolute atomic E-state index is 0.615. The van der Waals surface area contributed by atoms with Crippen LogP contribution in [0.15, 0.2) is 47.6 Å². The summed E-state index contributed by atoms with van der Waals surface area (Å²) in [5.74, 6) is 0.615. The van der Waals surface area contributed by atoms with Crippen LogP contribution < -0.4 is 0 Å². The minimum atomic E-state index is 0.615. The number of allylic oxidation sites excluding steroid dienone is 5. The Morgan fingerprint density at radius 3 is 2.42 bits per heavy atom. The number of hydrogen-bond donors (Lipinski definition) is 0. The molecule has 0 N–H and O–H groups in total. The van der Waals surface area contributed by atoms with Gasteiger partial charge in [0.05, 0.1) is 13.2 Å². The summed E-state index contributed by atoms with van der Waals surface area (Å²) in [6.45, 7) is 12.2. The van der Waals surface area contributed by atoms with Crippen LogP contribution in [0.3, 0.4) is 0 Å². The first-order valence-electron chi connectivity index (χ1n) is 7.38. The van der Waals surface area contributed by atoms with Gasteiger partial charge in [-0.25, -0.2) is 0 Å². The topological polar surface area (TPSA) is 9.23 Å². The van der Waals surface area contributed by atoms with E-state index >= 15 is 0 Å². The summed E-state index contributed by atoms with van der Waals surface area (Å²) in [4.78, 5) is 0. The summed E-state index contributed by atoms with van der Waals surface area (Å²) >= 11 is 0. The smallest absolute Gasteiger partial charge is 0.0717 e. The lowest BCUT2D eigenvalue weighted by molar-refractivity contribution is 0.189. The van der Waals surface area contributed by atoms with Crippen molar-refractivity contribution in [3.05, 3.63) is 47.6 Å². The number of hydrogen-bond acceptors (Lipinski definition) is 1. The average molecular weight is 262 g/mol. The third kappa shape index (κ3) is 10.5. The molecule has 0 aliphatic heterocycles. The van der Waals surface area contributed by atoms with E-state index in [0.717, 1.165) is 12.8 Å². The van der Waals surface area contributed by atoms with Crippen molar-refractivity contribution in [2.24, 2.45) is 5.92 Å². The van der Waals surface area contributed by atoms with Gasteiger partial charge in [-0.2, -0.15) is 0 Å². The highest BCUT2D eigenvalue weighted by Crippen LogP contribution is 2.07. The lowest BCUT2D eigenvalue weighted by Gasteiger charge is -2.03. The summed E-state index contributed by atoms with van der Waals surface area (Å²) in [5.41, 5.74) is 2.67. The van der Waals surface area contributed by atoms with Gasteiger partial charge >= 0.3 is 0 Å². The zero-order chi connectivity index (χ0) is 14.5. The third-order valence-electron chi connectivity index (χ3n) is 2.92. The molecule has 0 rings (SSSR count). The Bertz CT molecular complexity index is 330. The maximum absolute atomic E-state index is 5.65. The predicted octanol–water partition coefficient (Wildman–Crippen LogP) is 5.46. The van der Waals surface area contributed by atoms with Gasteiger partial charge in [0.2, 0.25) is 0 Å². The lowest BCUT2D eigenvalue weighted by Crippen LogP contribution is -1.96. The standard InChI is InChI=1S/C18H30O/c1-6-8-13-18(11-7-2)15-19-14-10-9-12-17(5)16(3)4/h8-13,16H,6-7,14-15H2,1-5H3/b10-9-,13-8-,17-12-,18-11+. The van der Waals surface area contributed by atoms with Crippen molar-refractivity contribution in [2.45, 2.75) is 47.5 Å². The third-order valence-corrected chi connectivity index (χ3v) is 2.92. The highest BCUT2D eigenvalue weighted by Gasteiger charge is 1.93. The fourth-order valence-corrected chi connectivity index (χ4v) is 1.42. The second-order valence-corrected chi connectivity index (χ2v) is 5.01. The zero-order valence-corrected chi connectivity index (χ0v) is 13.3. The normalized spacial score (nSPS) is 14.2. The second kappa shape index (κ2) is 12.0. The maximum Gasteiger partial charge on any atom is 0.0717 e. The molecule has 1 heteroatoms. The summed E-state index contributed by atoms with van der Waals surface area (Å²) in [5, 5.41) is 0. The van der Waals surface area contributed by atoms with Crippen LogP contribution in [-0.4, -0.2) is 13.2 Å². The van der Waals surface area contributed by atoms with Gasteiger partial charge in [0.25, 0.3) is 0 Å². The first kappa shape index (κ1) is 17.9. The second-order valence-electron chi connectivity index (χ2n) is 5.01. The van der Waals surface area contributed by atoms with Gasteiger partial charge in [0.1, 0.15) is 0 Å². The van der Waals surface area contributed by atoms with E-state index in [9.17, 15) is 0 Å². The van der Waals surface area contributed by atoms with Crippen LogP contribution in [0, 0.1) is 5.92 Å². The molecule has 19 heavy (non-hydrogen) atoms. The fourth-order valence-electron chi connectivity index (χ4n) is 1.42. The van der Waals surface area contributed by atoms with Gasteiger partial charge in [-0.1, -0.05) is 69.7 Å². The van der Waals surface area contributed by atoms with Crippen LogP contribution in [0.1, 0.15) is 47.5 Å². The SMILES string of the molecule is CC/C=C\C(=C/CC)COC/C=C\C=C(\C)C(C)C. The first-order valence-corrected chi connectivity index (χ1v) is 7.38. The van der Waals surface area contributed by atoms with Gasteiger partial charge in [0, 0.05) is 0 Å². The van der Waals surface area contributed by atoms with E-state index in [2.05, 4.69) is 71.1 Å². The molecular formula is C18H30O. The van der Waals surface area contributed by atoms with Crippen molar-refractivity contribution in [2.75, 3.05) is 13.2 Å². The quantitative estimate of drug-likeness (QED) is 0.396. The fraction of sp³-hybridized carbons (Fsp3) is 0.556. The summed E-state index contributed by atoms with van der Waals surface area (Å²) in [6, 6.07) is 0. The van der Waals surface area contributed by atoms with E-state index in [-0.39, 0.29) is 0 Å². The first-order chi connectivity index (χ1) is 9.11. The predicted molar refractivity (Wildman–Crippen MR) is 86.4 cm³/mol. The van der Waals surface area contributed by atoms with Gasteiger partial charge < -0.3 is 4.74 Å². The molecular weight excluding hydrogens is 232 g/mol. The molecule has 0 radical (unpaired) electrons. The van der Waals surface area contributed by atoms with Crippen LogP contribution in [0.4, 0.5) is 0 Å². The molecule has 0 heterocycles. The number of rotatable bonds is 9. The van der Waals surface area contributed by atoms with Crippen LogP contribution in [-0.2, 0) is 4.74 Å². The molecule has 108 valence electrons. The van der Waals surface area contributed by atoms with Crippen LogP contribution in [0.25, 0.3) is 0 Å². The van der Waals surface area contributed by atoms with Crippen LogP contribution in [0.2, 0.25) is 0 Å². The molecule has 0 aromatic heterocycles. The number of ether oxygens (including phenoxy) is 1. The van der Waals surface area contributed by atoms with E-state index in [1.165, 1.54) is 11.1 Å². The summed E-state index contributed by atoms with van der Waals surface area (Å²) < 4.78 is 5.65. The Balaban J connectivity index is 4.01. The van der Waals surface area contributed by atoms with E-state index in [1.54, 1.807) is 0 Å². The van der Waals surface area contributed by atoms with Gasteiger partial charge in [-0.05, 0) is 31.3 Å². The Labute approximate surface area is 119 Å². The Hall–Kier alpha value is -1.08. The molecule has 0 aromatic carbocycles. The molecule has 0 bridgehead atoms. The molecule has 0 spiro atoms. The molecule has 0 aromatic rings. The van der Waals surface area contributed by atoms with Crippen molar-refractivity contribution >= 4 is 0 Å². The van der Waals surface area contributed by atoms with Crippen molar-refractivity contribution in [1.29, 1.82) is 0 Å². The van der Waals surface area contributed by atoms with Gasteiger partial charge in [0.15, 0.2) is 0 Å². The molecule has 0 saturated heterocycles. The Morgan fingerprint density at radius 2 is 1.84 bits per heavy atom. The molecule has 0 fully saturated rings. The lowest BCUT2D eigenvalue weighted by atomic mass is 10.1. The zero-order valence-electron chi connectivity index (χ0n) is 13.3. The Kier molecular flexibility index (Phi) is 11.3. The molecule has 1 nitrogen and oxygen atoms in total. The van der Waals surface area contributed by atoms with Gasteiger partial charge in [-0.3, -0.25) is 0 Å². The average Bonchev–Trinajstić information content (AvgIpc) is 2.39. The highest BCUT2D eigenvalue weighted by atomic mass is 16.5. The molecule has 0 unspecified atom stereocenters. The Morgan fingerprint density at radius 1 is 1.11 bits per heavy atom. The molecule has 0 aliphatic rings. The molecule has 0 amide bonds.